The van der Waals surface area contributed by atoms with Crippen molar-refractivity contribution in [3.63, 3.8) is 0 Å². The third kappa shape index (κ3) is 3.58. The van der Waals surface area contributed by atoms with E-state index in [1.54, 1.807) is 29.5 Å². The van der Waals surface area contributed by atoms with E-state index in [0.29, 0.717) is 29.2 Å². The minimum atomic E-state index is -0.139. The van der Waals surface area contributed by atoms with Gasteiger partial charge in [0.15, 0.2) is 5.76 Å². The quantitative estimate of drug-likeness (QED) is 0.649. The Morgan fingerprint density at radius 1 is 1.10 bits per heavy atom. The number of allylic oxidation sites excluding steroid dienone is 1. The van der Waals surface area contributed by atoms with E-state index in [1.165, 1.54) is 0 Å². The number of benzene rings is 1. The van der Waals surface area contributed by atoms with Gasteiger partial charge in [0, 0.05) is 49.9 Å². The van der Waals surface area contributed by atoms with Crippen LogP contribution in [-0.4, -0.2) is 47.0 Å². The van der Waals surface area contributed by atoms with Gasteiger partial charge in [-0.25, -0.2) is 4.98 Å². The molecule has 1 fully saturated rings. The highest BCUT2D eigenvalue weighted by atomic mass is 32.1. The zero-order valence-electron chi connectivity index (χ0n) is 16.3. The Kier molecular flexibility index (Phi) is 4.98. The molecule has 0 bridgehead atoms. The highest BCUT2D eigenvalue weighted by Gasteiger charge is 2.32. The molecular formula is C23H21N3O3S. The van der Waals surface area contributed by atoms with Crippen molar-refractivity contribution in [3.05, 3.63) is 75.8 Å². The molecule has 2 aliphatic heterocycles. The normalized spacial score (nSPS) is 17.9. The average molecular weight is 420 g/mol. The lowest BCUT2D eigenvalue weighted by Gasteiger charge is -2.35. The first-order valence-corrected chi connectivity index (χ1v) is 10.8. The van der Waals surface area contributed by atoms with E-state index in [-0.39, 0.29) is 11.5 Å². The minimum absolute atomic E-state index is 0.139. The molecule has 6 nitrogen and oxygen atoms in total. The molecule has 0 atom stereocenters. The monoisotopic (exact) mass is 419 g/mol. The summed E-state index contributed by atoms with van der Waals surface area (Å²) in [5, 5.41) is 12.5. The fourth-order valence-electron chi connectivity index (χ4n) is 3.85. The topological polar surface area (TPSA) is 65.9 Å². The number of piperazine rings is 1. The van der Waals surface area contributed by atoms with E-state index in [2.05, 4.69) is 14.8 Å². The number of phenolic OH excluding ortho intramolecular Hbond substituents is 1. The summed E-state index contributed by atoms with van der Waals surface area (Å²) in [5.41, 5.74) is 1.18. The van der Waals surface area contributed by atoms with Crippen LogP contribution < -0.4 is 9.64 Å². The first kappa shape index (κ1) is 18.8. The van der Waals surface area contributed by atoms with Crippen molar-refractivity contribution in [3.8, 4) is 11.5 Å². The van der Waals surface area contributed by atoms with Gasteiger partial charge in [0.25, 0.3) is 0 Å². The van der Waals surface area contributed by atoms with Crippen LogP contribution in [0.5, 0.6) is 11.5 Å². The number of hydrogen-bond acceptors (Lipinski definition) is 7. The molecule has 5 rings (SSSR count). The Hall–Kier alpha value is -3.16. The van der Waals surface area contributed by atoms with Crippen molar-refractivity contribution >= 4 is 29.0 Å². The number of pyridine rings is 1. The van der Waals surface area contributed by atoms with Gasteiger partial charge in [-0.15, -0.1) is 11.3 Å². The fraction of sp³-hybridized carbons (Fsp3) is 0.217. The van der Waals surface area contributed by atoms with Crippen molar-refractivity contribution < 1.29 is 14.6 Å². The van der Waals surface area contributed by atoms with Crippen LogP contribution in [0, 0.1) is 0 Å². The van der Waals surface area contributed by atoms with Gasteiger partial charge in [-0.3, -0.25) is 9.69 Å². The molecule has 2 aromatic heterocycles. The molecule has 3 aromatic rings. The van der Waals surface area contributed by atoms with Crippen LogP contribution in [0.4, 0.5) is 5.82 Å². The van der Waals surface area contributed by atoms with Crippen LogP contribution in [0.15, 0.2) is 59.8 Å². The molecule has 0 radical (unpaired) electrons. The number of hydrogen-bond donors (Lipinski definition) is 1. The van der Waals surface area contributed by atoms with Gasteiger partial charge < -0.3 is 14.7 Å². The van der Waals surface area contributed by atoms with E-state index < -0.39 is 0 Å². The molecule has 1 saturated heterocycles. The number of Topliss-reactive ketones (excluding diaryl/α,β-unsaturated/α-hetero) is 1. The van der Waals surface area contributed by atoms with Crippen LogP contribution in [0.3, 0.4) is 0 Å². The first-order chi connectivity index (χ1) is 14.7. The van der Waals surface area contributed by atoms with Crippen LogP contribution >= 0.6 is 11.3 Å². The highest BCUT2D eigenvalue weighted by molar-refractivity contribution is 7.10. The van der Waals surface area contributed by atoms with Gasteiger partial charge in [-0.05, 0) is 35.7 Å². The van der Waals surface area contributed by atoms with Gasteiger partial charge in [-0.2, -0.15) is 0 Å². The predicted molar refractivity (Wildman–Crippen MR) is 117 cm³/mol. The summed E-state index contributed by atoms with van der Waals surface area (Å²) in [6, 6.07) is 13.0. The van der Waals surface area contributed by atoms with E-state index in [0.717, 1.165) is 36.9 Å². The lowest BCUT2D eigenvalue weighted by molar-refractivity contribution is 0.101. The summed E-state index contributed by atoms with van der Waals surface area (Å²) in [6.07, 6.45) is 3.57. The molecule has 1 N–H and O–H groups in total. The molecule has 0 unspecified atom stereocenters. The van der Waals surface area contributed by atoms with Crippen LogP contribution in [-0.2, 0) is 6.54 Å². The Bertz CT molecular complexity index is 1090. The second-order valence-corrected chi connectivity index (χ2v) is 8.33. The van der Waals surface area contributed by atoms with Gasteiger partial charge in [0.2, 0.25) is 5.78 Å². The molecule has 30 heavy (non-hydrogen) atoms. The van der Waals surface area contributed by atoms with Gasteiger partial charge in [-0.1, -0.05) is 12.1 Å². The lowest BCUT2D eigenvalue weighted by Crippen LogP contribution is -2.46. The van der Waals surface area contributed by atoms with Crippen LogP contribution in [0.1, 0.15) is 20.8 Å². The van der Waals surface area contributed by atoms with E-state index in [9.17, 15) is 9.90 Å². The Morgan fingerprint density at radius 3 is 2.70 bits per heavy atom. The standard InChI is InChI=1S/C23H21N3O3S/c27-19-7-6-17-22(28)20(14-16-4-3-13-30-16)29-23(17)18(19)15-25-9-11-26(12-10-25)21-5-1-2-8-24-21/h1-8,13-14,27H,9-12,15H2/b20-14-. The number of ketones is 1. The fourth-order valence-corrected chi connectivity index (χ4v) is 4.50. The summed E-state index contributed by atoms with van der Waals surface area (Å²) in [5.74, 6) is 1.79. The largest absolute Gasteiger partial charge is 0.507 e. The number of phenols is 1. The molecule has 0 amide bonds. The molecule has 7 heteroatoms. The average Bonchev–Trinajstić information content (AvgIpc) is 3.40. The third-order valence-corrected chi connectivity index (χ3v) is 6.28. The summed E-state index contributed by atoms with van der Waals surface area (Å²) < 4.78 is 5.95. The number of carbonyl (C=O) groups excluding carboxylic acids is 1. The molecule has 152 valence electrons. The van der Waals surface area contributed by atoms with Crippen LogP contribution in [0.2, 0.25) is 0 Å². The maximum absolute atomic E-state index is 12.8. The second kappa shape index (κ2) is 7.93. The molecule has 0 saturated carbocycles. The zero-order chi connectivity index (χ0) is 20.5. The van der Waals surface area contributed by atoms with Crippen molar-refractivity contribution in [1.29, 1.82) is 0 Å². The number of rotatable bonds is 4. The number of ether oxygens (including phenoxy) is 1. The smallest absolute Gasteiger partial charge is 0.232 e. The van der Waals surface area contributed by atoms with Crippen molar-refractivity contribution in [1.82, 2.24) is 9.88 Å². The molecule has 2 aliphatic rings. The van der Waals surface area contributed by atoms with Crippen molar-refractivity contribution in [2.45, 2.75) is 6.54 Å². The Labute approximate surface area is 178 Å². The maximum Gasteiger partial charge on any atom is 0.232 e. The number of nitrogens with zero attached hydrogens (tertiary/aromatic N) is 3. The maximum atomic E-state index is 12.8. The molecule has 4 heterocycles. The van der Waals surface area contributed by atoms with Gasteiger partial charge in [0.05, 0.1) is 11.1 Å². The van der Waals surface area contributed by atoms with E-state index in [4.69, 9.17) is 4.74 Å². The summed E-state index contributed by atoms with van der Waals surface area (Å²) in [7, 11) is 0. The third-order valence-electron chi connectivity index (χ3n) is 5.46. The van der Waals surface area contributed by atoms with Gasteiger partial charge in [0.1, 0.15) is 17.3 Å². The lowest BCUT2D eigenvalue weighted by atomic mass is 10.0. The second-order valence-electron chi connectivity index (χ2n) is 7.35. The zero-order valence-corrected chi connectivity index (χ0v) is 17.1. The predicted octanol–water partition coefficient (Wildman–Crippen LogP) is 3.79. The number of fused-ring (bicyclic) bond motifs is 1. The van der Waals surface area contributed by atoms with Crippen LogP contribution in [0.25, 0.3) is 6.08 Å². The molecule has 0 aliphatic carbocycles. The first-order valence-electron chi connectivity index (χ1n) is 9.90. The SMILES string of the molecule is O=C1/C(=C/c2cccs2)Oc2c1ccc(O)c2CN1CCN(c2ccccn2)CC1. The summed E-state index contributed by atoms with van der Waals surface area (Å²) >= 11 is 1.55. The number of anilines is 1. The van der Waals surface area contributed by atoms with E-state index >= 15 is 0 Å². The molecule has 0 spiro atoms. The van der Waals surface area contributed by atoms with Crippen molar-refractivity contribution in [2.75, 3.05) is 31.1 Å². The highest BCUT2D eigenvalue weighted by Crippen LogP contribution is 2.40. The number of thiophene rings is 1. The number of aromatic hydroxyl groups is 1. The molecular weight excluding hydrogens is 398 g/mol. The number of aromatic nitrogens is 1. The Balaban J connectivity index is 1.33. The summed E-state index contributed by atoms with van der Waals surface area (Å²) in [4.78, 5) is 22.7. The Morgan fingerprint density at radius 2 is 1.97 bits per heavy atom. The van der Waals surface area contributed by atoms with Crippen molar-refractivity contribution in [2.24, 2.45) is 0 Å². The number of carbonyl (C=O) groups is 1. The summed E-state index contributed by atoms with van der Waals surface area (Å²) in [6.45, 7) is 3.92. The minimum Gasteiger partial charge on any atom is -0.507 e. The van der Waals surface area contributed by atoms with E-state index in [1.807, 2.05) is 41.9 Å². The van der Waals surface area contributed by atoms with Gasteiger partial charge >= 0.3 is 0 Å². The molecule has 1 aromatic carbocycles.